The molecule has 5 heteroatoms. The van der Waals surface area contributed by atoms with Crippen LogP contribution in [0.3, 0.4) is 0 Å². The average molecular weight is 305 g/mol. The molecule has 1 unspecified atom stereocenters. The van der Waals surface area contributed by atoms with Gasteiger partial charge in [-0.2, -0.15) is 0 Å². The number of hydrogen-bond donors (Lipinski definition) is 2. The molecule has 22 heavy (non-hydrogen) atoms. The number of benzene rings is 1. The molecule has 1 aromatic carbocycles. The first-order chi connectivity index (χ1) is 10.6. The van der Waals surface area contributed by atoms with Gasteiger partial charge in [-0.25, -0.2) is 4.79 Å². The topological polar surface area (TPSA) is 59.8 Å². The van der Waals surface area contributed by atoms with Crippen LogP contribution in [-0.2, 0) is 9.53 Å². The summed E-state index contributed by atoms with van der Waals surface area (Å²) in [5.74, 6) is 0.375. The Hall–Kier alpha value is -1.88. The van der Waals surface area contributed by atoms with E-state index in [1.54, 1.807) is 31.2 Å². The molecule has 1 heterocycles. The largest absolute Gasteiger partial charge is 0.462 e. The lowest BCUT2D eigenvalue weighted by atomic mass is 10.0. The van der Waals surface area contributed by atoms with Crippen LogP contribution in [0.4, 0.5) is 5.69 Å². The lowest BCUT2D eigenvalue weighted by Crippen LogP contribution is -3.14. The number of amides is 1. The van der Waals surface area contributed by atoms with Gasteiger partial charge in [0.2, 0.25) is 0 Å². The van der Waals surface area contributed by atoms with E-state index in [9.17, 15) is 9.59 Å². The first kappa shape index (κ1) is 16.5. The summed E-state index contributed by atoms with van der Waals surface area (Å²) in [5, 5.41) is 2.89. The maximum absolute atomic E-state index is 12.1. The van der Waals surface area contributed by atoms with Crippen molar-refractivity contribution in [2.24, 2.45) is 5.92 Å². The van der Waals surface area contributed by atoms with Crippen LogP contribution in [0.2, 0.25) is 0 Å². The van der Waals surface area contributed by atoms with E-state index in [0.29, 0.717) is 30.3 Å². The predicted molar refractivity (Wildman–Crippen MR) is 85.0 cm³/mol. The fourth-order valence-corrected chi connectivity index (χ4v) is 2.89. The number of rotatable bonds is 5. The molecule has 1 aliphatic rings. The van der Waals surface area contributed by atoms with Gasteiger partial charge in [-0.3, -0.25) is 4.79 Å². The van der Waals surface area contributed by atoms with Gasteiger partial charge in [0.05, 0.1) is 25.3 Å². The number of ether oxygens (including phenoxy) is 1. The van der Waals surface area contributed by atoms with Crippen LogP contribution in [0.15, 0.2) is 24.3 Å². The number of quaternary nitrogens is 1. The maximum atomic E-state index is 12.1. The predicted octanol–water partition coefficient (Wildman–Crippen LogP) is 1.12. The second-order valence-electron chi connectivity index (χ2n) is 5.97. The van der Waals surface area contributed by atoms with E-state index in [1.165, 1.54) is 17.7 Å². The van der Waals surface area contributed by atoms with Crippen LogP contribution in [-0.4, -0.2) is 38.1 Å². The van der Waals surface area contributed by atoms with Crippen molar-refractivity contribution in [1.29, 1.82) is 0 Å². The third-order valence-corrected chi connectivity index (χ3v) is 3.95. The maximum Gasteiger partial charge on any atom is 0.338 e. The summed E-state index contributed by atoms with van der Waals surface area (Å²) >= 11 is 0. The molecule has 0 bridgehead atoms. The normalized spacial score (nSPS) is 21.2. The van der Waals surface area contributed by atoms with Crippen molar-refractivity contribution in [1.82, 2.24) is 0 Å². The van der Waals surface area contributed by atoms with E-state index in [-0.39, 0.29) is 11.9 Å². The second kappa shape index (κ2) is 7.94. The molecule has 1 fully saturated rings. The Balaban J connectivity index is 1.85. The molecule has 2 N–H and O–H groups in total. The summed E-state index contributed by atoms with van der Waals surface area (Å²) in [4.78, 5) is 25.0. The lowest BCUT2D eigenvalue weighted by molar-refractivity contribution is -0.900. The summed E-state index contributed by atoms with van der Waals surface area (Å²) in [6.07, 6.45) is 2.46. The minimum atomic E-state index is -0.341. The van der Waals surface area contributed by atoms with Crippen LogP contribution < -0.4 is 10.2 Å². The van der Waals surface area contributed by atoms with Gasteiger partial charge in [-0.1, -0.05) is 6.92 Å². The summed E-state index contributed by atoms with van der Waals surface area (Å²) in [6, 6.07) is 6.81. The quantitative estimate of drug-likeness (QED) is 0.801. The van der Waals surface area contributed by atoms with Crippen LogP contribution in [0, 0.1) is 5.92 Å². The molecule has 0 aromatic heterocycles. The Kier molecular flexibility index (Phi) is 5.95. The van der Waals surface area contributed by atoms with Crippen molar-refractivity contribution in [2.45, 2.75) is 26.7 Å². The number of nitrogens with one attached hydrogen (secondary N) is 2. The van der Waals surface area contributed by atoms with Crippen molar-refractivity contribution >= 4 is 17.6 Å². The van der Waals surface area contributed by atoms with Crippen LogP contribution >= 0.6 is 0 Å². The zero-order chi connectivity index (χ0) is 15.9. The highest BCUT2D eigenvalue weighted by Crippen LogP contribution is 2.10. The van der Waals surface area contributed by atoms with Crippen molar-refractivity contribution in [3.8, 4) is 0 Å². The molecule has 2 rings (SSSR count). The molecule has 2 atom stereocenters. The first-order valence-electron chi connectivity index (χ1n) is 7.99. The molecule has 0 aliphatic carbocycles. The first-order valence-corrected chi connectivity index (χ1v) is 7.99. The van der Waals surface area contributed by atoms with Crippen molar-refractivity contribution in [3.05, 3.63) is 29.8 Å². The van der Waals surface area contributed by atoms with Gasteiger partial charge >= 0.3 is 5.97 Å². The van der Waals surface area contributed by atoms with E-state index in [0.717, 1.165) is 13.1 Å². The smallest absolute Gasteiger partial charge is 0.338 e. The van der Waals surface area contributed by atoms with Gasteiger partial charge in [0.15, 0.2) is 6.54 Å². The van der Waals surface area contributed by atoms with Crippen molar-refractivity contribution in [2.75, 3.05) is 31.6 Å². The van der Waals surface area contributed by atoms with Gasteiger partial charge in [0.25, 0.3) is 5.91 Å². The number of carbonyl (C=O) groups is 2. The summed E-state index contributed by atoms with van der Waals surface area (Å²) in [7, 11) is 0. The van der Waals surface area contributed by atoms with E-state index in [2.05, 4.69) is 12.2 Å². The summed E-state index contributed by atoms with van der Waals surface area (Å²) < 4.78 is 4.93. The molecule has 1 amide bonds. The second-order valence-corrected chi connectivity index (χ2v) is 5.97. The number of likely N-dealkylation sites (tertiary alicyclic amines) is 1. The number of anilines is 1. The van der Waals surface area contributed by atoms with Crippen molar-refractivity contribution < 1.29 is 19.2 Å². The average Bonchev–Trinajstić information content (AvgIpc) is 2.48. The fourth-order valence-electron chi connectivity index (χ4n) is 2.89. The molecule has 1 aliphatic heterocycles. The highest BCUT2D eigenvalue weighted by molar-refractivity contribution is 5.93. The number of piperidine rings is 1. The number of esters is 1. The Morgan fingerprint density at radius 1 is 1.32 bits per heavy atom. The third-order valence-electron chi connectivity index (χ3n) is 3.95. The molecule has 5 nitrogen and oxygen atoms in total. The zero-order valence-corrected chi connectivity index (χ0v) is 13.4. The lowest BCUT2D eigenvalue weighted by Gasteiger charge is -2.27. The van der Waals surface area contributed by atoms with E-state index < -0.39 is 0 Å². The number of hydrogen-bond acceptors (Lipinski definition) is 3. The van der Waals surface area contributed by atoms with Gasteiger partial charge in [-0.15, -0.1) is 0 Å². The van der Waals surface area contributed by atoms with Crippen LogP contribution in [0.1, 0.15) is 37.0 Å². The van der Waals surface area contributed by atoms with Gasteiger partial charge in [-0.05, 0) is 44.0 Å². The Bertz CT molecular complexity index is 513. The Morgan fingerprint density at radius 2 is 2.05 bits per heavy atom. The summed E-state index contributed by atoms with van der Waals surface area (Å²) in [5.41, 5.74) is 1.21. The molecule has 1 saturated heterocycles. The molecule has 0 spiro atoms. The highest BCUT2D eigenvalue weighted by Gasteiger charge is 2.21. The van der Waals surface area contributed by atoms with Crippen molar-refractivity contribution in [3.63, 3.8) is 0 Å². The molecular weight excluding hydrogens is 280 g/mol. The Morgan fingerprint density at radius 3 is 2.68 bits per heavy atom. The standard InChI is InChI=1S/C17H24N2O3/c1-3-22-17(21)14-6-8-15(9-7-14)18-16(20)12-19-10-4-5-13(2)11-19/h6-9,13H,3-5,10-12H2,1-2H3,(H,18,20)/p+1/t13-/m1/s1. The van der Waals surface area contributed by atoms with E-state index in [1.807, 2.05) is 0 Å². The minimum Gasteiger partial charge on any atom is -0.462 e. The third kappa shape index (κ3) is 4.84. The van der Waals surface area contributed by atoms with E-state index >= 15 is 0 Å². The SMILES string of the molecule is CCOC(=O)c1ccc(NC(=O)C[NH+]2CCC[C@@H](C)C2)cc1. The van der Waals surface area contributed by atoms with Gasteiger partial charge < -0.3 is 15.0 Å². The van der Waals surface area contributed by atoms with E-state index in [4.69, 9.17) is 4.74 Å². The zero-order valence-electron chi connectivity index (χ0n) is 13.4. The fraction of sp³-hybridized carbons (Fsp3) is 0.529. The molecule has 1 aromatic rings. The highest BCUT2D eigenvalue weighted by atomic mass is 16.5. The number of carbonyl (C=O) groups excluding carboxylic acids is 2. The monoisotopic (exact) mass is 305 g/mol. The summed E-state index contributed by atoms with van der Waals surface area (Å²) in [6.45, 7) is 7.01. The molecule has 0 radical (unpaired) electrons. The van der Waals surface area contributed by atoms with Crippen LogP contribution in [0.5, 0.6) is 0 Å². The van der Waals surface area contributed by atoms with Gasteiger partial charge in [0, 0.05) is 11.6 Å². The molecule has 120 valence electrons. The minimum absolute atomic E-state index is 0.0213. The Labute approximate surface area is 131 Å². The molecule has 0 saturated carbocycles. The van der Waals surface area contributed by atoms with Gasteiger partial charge in [0.1, 0.15) is 0 Å². The molecular formula is C17H25N2O3+. The van der Waals surface area contributed by atoms with Crippen LogP contribution in [0.25, 0.3) is 0 Å².